The molecule has 158 valence electrons. The molecule has 3 nitrogen and oxygen atoms in total. The van der Waals surface area contributed by atoms with Crippen molar-refractivity contribution in [3.8, 4) is 11.3 Å². The standard InChI is InChI=1S/C29H25NO2/c1-17-16-30-24(12-18(17)15-29(2,3)4)21-10-7-9-20-23-13-22-19-8-5-6-11-25(19)31-26(22)14-27(23)32-28(20)21/h5-14,16H,15H2,1-4H3/i1D3,15D2. The van der Waals surface area contributed by atoms with E-state index in [2.05, 4.69) is 11.1 Å². The van der Waals surface area contributed by atoms with Crippen LogP contribution in [0, 0.1) is 12.3 Å². The minimum absolute atomic E-state index is 0.0832. The van der Waals surface area contributed by atoms with Crippen LogP contribution >= 0.6 is 0 Å². The molecule has 0 amide bonds. The number of hydrogen-bond donors (Lipinski definition) is 0. The molecule has 0 bridgehead atoms. The van der Waals surface area contributed by atoms with Gasteiger partial charge in [0.25, 0.3) is 0 Å². The zero-order chi connectivity index (χ0) is 26.3. The fourth-order valence-electron chi connectivity index (χ4n) is 4.33. The number of nitrogens with zero attached hydrogens (tertiary/aromatic N) is 1. The summed E-state index contributed by atoms with van der Waals surface area (Å²) in [6.07, 6.45) is -0.635. The fourth-order valence-corrected chi connectivity index (χ4v) is 4.33. The van der Waals surface area contributed by atoms with Crippen LogP contribution in [0.3, 0.4) is 0 Å². The molecule has 3 heterocycles. The Morgan fingerprint density at radius 3 is 2.47 bits per heavy atom. The van der Waals surface area contributed by atoms with E-state index in [0.29, 0.717) is 22.4 Å². The van der Waals surface area contributed by atoms with Crippen LogP contribution in [0.1, 0.15) is 38.8 Å². The van der Waals surface area contributed by atoms with Crippen molar-refractivity contribution in [2.75, 3.05) is 0 Å². The molecule has 0 spiro atoms. The number of para-hydroxylation sites is 2. The van der Waals surface area contributed by atoms with Crippen molar-refractivity contribution >= 4 is 43.9 Å². The Labute approximate surface area is 193 Å². The summed E-state index contributed by atoms with van der Waals surface area (Å²) in [5, 5.41) is 3.85. The zero-order valence-electron chi connectivity index (χ0n) is 23.1. The largest absolute Gasteiger partial charge is 0.456 e. The van der Waals surface area contributed by atoms with Gasteiger partial charge in [-0.15, -0.1) is 0 Å². The summed E-state index contributed by atoms with van der Waals surface area (Å²) in [5.74, 6) is 0. The van der Waals surface area contributed by atoms with Gasteiger partial charge in [0.05, 0.1) is 5.69 Å². The SMILES string of the molecule is [2H]C([2H])([2H])c1cnc(-c2cccc3c2oc2cc4oc5ccccc5c4cc23)cc1C([2H])([2H])C(C)(C)C. The maximum atomic E-state index is 8.84. The van der Waals surface area contributed by atoms with Crippen molar-refractivity contribution in [3.05, 3.63) is 78.0 Å². The number of furan rings is 2. The van der Waals surface area contributed by atoms with E-state index in [1.54, 1.807) is 26.8 Å². The smallest absolute Gasteiger partial charge is 0.144 e. The molecule has 3 aromatic carbocycles. The van der Waals surface area contributed by atoms with Crippen LogP contribution in [0.2, 0.25) is 0 Å². The summed E-state index contributed by atoms with van der Waals surface area (Å²) in [7, 11) is 0. The molecule has 0 unspecified atom stereocenters. The van der Waals surface area contributed by atoms with E-state index in [-0.39, 0.29) is 11.1 Å². The minimum atomic E-state index is -2.50. The van der Waals surface area contributed by atoms with E-state index in [1.807, 2.05) is 48.5 Å². The van der Waals surface area contributed by atoms with Crippen LogP contribution in [0.5, 0.6) is 0 Å². The number of aromatic nitrogens is 1. The quantitative estimate of drug-likeness (QED) is 0.280. The van der Waals surface area contributed by atoms with Crippen LogP contribution in [-0.2, 0) is 6.37 Å². The summed E-state index contributed by atoms with van der Waals surface area (Å²) in [6, 6.07) is 19.2. The summed E-state index contributed by atoms with van der Waals surface area (Å²) < 4.78 is 54.0. The molecule has 6 rings (SSSR count). The fraction of sp³-hybridized carbons (Fsp3) is 0.207. The van der Waals surface area contributed by atoms with Gasteiger partial charge in [0.1, 0.15) is 22.3 Å². The predicted octanol–water partition coefficient (Wildman–Crippen LogP) is 8.44. The highest BCUT2D eigenvalue weighted by Gasteiger charge is 2.18. The third-order valence-corrected chi connectivity index (χ3v) is 5.69. The van der Waals surface area contributed by atoms with Crippen molar-refractivity contribution in [3.63, 3.8) is 0 Å². The molecule has 0 radical (unpaired) electrons. The van der Waals surface area contributed by atoms with E-state index in [1.165, 1.54) is 6.20 Å². The Kier molecular flexibility index (Phi) is 3.03. The van der Waals surface area contributed by atoms with E-state index >= 15 is 0 Å². The predicted molar refractivity (Wildman–Crippen MR) is 132 cm³/mol. The van der Waals surface area contributed by atoms with Gasteiger partial charge in [0.2, 0.25) is 0 Å². The first-order valence-electron chi connectivity index (χ1n) is 13.1. The summed E-state index contributed by atoms with van der Waals surface area (Å²) in [4.78, 5) is 4.47. The Hall–Kier alpha value is -3.59. The number of fused-ring (bicyclic) bond motifs is 6. The van der Waals surface area contributed by atoms with Crippen molar-refractivity contribution in [1.29, 1.82) is 0 Å². The van der Waals surface area contributed by atoms with Crippen molar-refractivity contribution < 1.29 is 15.7 Å². The topological polar surface area (TPSA) is 39.2 Å². The molecular weight excluding hydrogens is 394 g/mol. The summed E-state index contributed by atoms with van der Waals surface area (Å²) >= 11 is 0. The number of benzene rings is 3. The van der Waals surface area contributed by atoms with E-state index in [9.17, 15) is 0 Å². The second-order valence-corrected chi connectivity index (χ2v) is 9.22. The average Bonchev–Trinajstić information content (AvgIpc) is 3.38. The molecular formula is C29H25NO2. The number of rotatable bonds is 2. The van der Waals surface area contributed by atoms with Crippen LogP contribution in [0.25, 0.3) is 55.1 Å². The van der Waals surface area contributed by atoms with Crippen molar-refractivity contribution in [2.45, 2.75) is 34.0 Å². The maximum absolute atomic E-state index is 8.84. The number of aryl methyl sites for hydroxylation is 1. The minimum Gasteiger partial charge on any atom is -0.456 e. The van der Waals surface area contributed by atoms with Gasteiger partial charge in [-0.1, -0.05) is 51.1 Å². The average molecular weight is 425 g/mol. The van der Waals surface area contributed by atoms with Crippen LogP contribution in [0.15, 0.2) is 75.7 Å². The van der Waals surface area contributed by atoms with Crippen LogP contribution in [-0.4, -0.2) is 4.98 Å². The van der Waals surface area contributed by atoms with Gasteiger partial charge in [0.15, 0.2) is 0 Å². The van der Waals surface area contributed by atoms with Crippen LogP contribution < -0.4 is 0 Å². The molecule has 6 aromatic rings. The van der Waals surface area contributed by atoms with E-state index in [4.69, 9.17) is 15.7 Å². The van der Waals surface area contributed by atoms with Crippen LogP contribution in [0.4, 0.5) is 0 Å². The summed E-state index contributed by atoms with van der Waals surface area (Å²) in [6.45, 7) is 2.78. The normalized spacial score (nSPS) is 15.7. The highest BCUT2D eigenvalue weighted by molar-refractivity contribution is 6.16. The van der Waals surface area contributed by atoms with Gasteiger partial charge >= 0.3 is 0 Å². The molecule has 0 saturated carbocycles. The lowest BCUT2D eigenvalue weighted by molar-refractivity contribution is 0.410. The van der Waals surface area contributed by atoms with Gasteiger partial charge in [-0.25, -0.2) is 0 Å². The Morgan fingerprint density at radius 1 is 0.844 bits per heavy atom. The van der Waals surface area contributed by atoms with Gasteiger partial charge < -0.3 is 8.83 Å². The van der Waals surface area contributed by atoms with E-state index < -0.39 is 18.6 Å². The molecule has 32 heavy (non-hydrogen) atoms. The van der Waals surface area contributed by atoms with Gasteiger partial charge in [-0.3, -0.25) is 4.98 Å². The highest BCUT2D eigenvalue weighted by Crippen LogP contribution is 2.39. The molecule has 3 heteroatoms. The second-order valence-electron chi connectivity index (χ2n) is 9.22. The first-order chi connectivity index (χ1) is 17.4. The number of pyridine rings is 1. The maximum Gasteiger partial charge on any atom is 0.144 e. The molecule has 0 aliphatic rings. The molecule has 0 N–H and O–H groups in total. The third kappa shape index (κ3) is 3.00. The van der Waals surface area contributed by atoms with Crippen molar-refractivity contribution in [2.24, 2.45) is 5.41 Å². The third-order valence-electron chi connectivity index (χ3n) is 5.69. The van der Waals surface area contributed by atoms with E-state index in [0.717, 1.165) is 32.7 Å². The Morgan fingerprint density at radius 2 is 1.62 bits per heavy atom. The summed E-state index contributed by atoms with van der Waals surface area (Å²) in [5.41, 5.74) is 3.12. The van der Waals surface area contributed by atoms with Gasteiger partial charge in [0, 0.05) is 46.2 Å². The second kappa shape index (κ2) is 6.70. The van der Waals surface area contributed by atoms with Crippen molar-refractivity contribution in [1.82, 2.24) is 4.98 Å². The monoisotopic (exact) mass is 424 g/mol. The molecule has 0 aliphatic heterocycles. The molecule has 0 saturated heterocycles. The number of hydrogen-bond acceptors (Lipinski definition) is 3. The Balaban J connectivity index is 1.60. The lowest BCUT2D eigenvalue weighted by Gasteiger charge is -2.20. The van der Waals surface area contributed by atoms with Gasteiger partial charge in [-0.2, -0.15) is 0 Å². The molecule has 0 fully saturated rings. The lowest BCUT2D eigenvalue weighted by Crippen LogP contribution is -2.10. The highest BCUT2D eigenvalue weighted by atomic mass is 16.3. The molecule has 0 aliphatic carbocycles. The first-order valence-corrected chi connectivity index (χ1v) is 10.6. The Bertz CT molecular complexity index is 1840. The molecule has 0 atom stereocenters. The molecule has 3 aromatic heterocycles. The zero-order valence-corrected chi connectivity index (χ0v) is 18.1. The lowest BCUT2D eigenvalue weighted by atomic mass is 9.86. The van der Waals surface area contributed by atoms with Gasteiger partial charge in [-0.05, 0) is 54.0 Å². The first kappa shape index (κ1) is 14.5.